The lowest BCUT2D eigenvalue weighted by Crippen LogP contribution is -2.37. The molecule has 0 aromatic rings. The van der Waals surface area contributed by atoms with E-state index in [1.54, 1.807) is 0 Å². The molecule has 2 unspecified atom stereocenters. The van der Waals surface area contributed by atoms with Gasteiger partial charge in [0.25, 0.3) is 0 Å². The highest BCUT2D eigenvalue weighted by Gasteiger charge is 2.45. The first-order valence-corrected chi connectivity index (χ1v) is 5.41. The second-order valence-electron chi connectivity index (χ2n) is 5.54. The minimum atomic E-state index is 0.330. The van der Waals surface area contributed by atoms with Gasteiger partial charge in [0.15, 0.2) is 0 Å². The summed E-state index contributed by atoms with van der Waals surface area (Å²) in [5, 5.41) is 3.53. The zero-order valence-corrected chi connectivity index (χ0v) is 9.43. The van der Waals surface area contributed by atoms with Crippen LogP contribution in [0.5, 0.6) is 0 Å². The van der Waals surface area contributed by atoms with Crippen molar-refractivity contribution in [3.63, 3.8) is 0 Å². The SMILES string of the molecule is CC(C)CC(N)CNC1CC1(C)C. The molecular weight excluding hydrogens is 160 g/mol. The van der Waals surface area contributed by atoms with Crippen LogP contribution in [0.3, 0.4) is 0 Å². The normalized spacial score (nSPS) is 27.7. The number of nitrogens with two attached hydrogens (primary N) is 1. The van der Waals surface area contributed by atoms with E-state index in [-0.39, 0.29) is 0 Å². The van der Waals surface area contributed by atoms with E-state index in [2.05, 4.69) is 33.0 Å². The van der Waals surface area contributed by atoms with E-state index >= 15 is 0 Å². The molecule has 2 atom stereocenters. The van der Waals surface area contributed by atoms with Crippen LogP contribution in [0.25, 0.3) is 0 Å². The fraction of sp³-hybridized carbons (Fsp3) is 1.00. The Balaban J connectivity index is 2.06. The lowest BCUT2D eigenvalue weighted by molar-refractivity contribution is 0.449. The molecule has 1 rings (SSSR count). The molecule has 0 heterocycles. The molecule has 1 saturated carbocycles. The number of nitrogens with one attached hydrogen (secondary N) is 1. The van der Waals surface area contributed by atoms with E-state index in [1.165, 1.54) is 6.42 Å². The van der Waals surface area contributed by atoms with Crippen LogP contribution in [-0.2, 0) is 0 Å². The summed E-state index contributed by atoms with van der Waals surface area (Å²) in [4.78, 5) is 0. The van der Waals surface area contributed by atoms with E-state index in [4.69, 9.17) is 5.73 Å². The van der Waals surface area contributed by atoms with Gasteiger partial charge in [-0.1, -0.05) is 27.7 Å². The maximum atomic E-state index is 5.98. The van der Waals surface area contributed by atoms with E-state index < -0.39 is 0 Å². The molecule has 2 heteroatoms. The van der Waals surface area contributed by atoms with E-state index in [0.29, 0.717) is 23.4 Å². The Kier molecular flexibility index (Phi) is 3.36. The molecule has 0 amide bonds. The van der Waals surface area contributed by atoms with Crippen LogP contribution in [0.15, 0.2) is 0 Å². The van der Waals surface area contributed by atoms with Gasteiger partial charge in [0.2, 0.25) is 0 Å². The topological polar surface area (TPSA) is 38.0 Å². The summed E-state index contributed by atoms with van der Waals surface area (Å²) in [6.45, 7) is 10.0. The predicted octanol–water partition coefficient (Wildman–Crippen LogP) is 1.75. The Labute approximate surface area is 82.3 Å². The quantitative estimate of drug-likeness (QED) is 0.683. The first kappa shape index (κ1) is 11.0. The predicted molar refractivity (Wildman–Crippen MR) is 57.6 cm³/mol. The zero-order valence-electron chi connectivity index (χ0n) is 9.43. The molecule has 0 aromatic carbocycles. The Hall–Kier alpha value is -0.0800. The van der Waals surface area contributed by atoms with Crippen molar-refractivity contribution < 1.29 is 0 Å². The molecule has 1 fully saturated rings. The average molecular weight is 184 g/mol. The molecule has 1 aliphatic rings. The zero-order chi connectivity index (χ0) is 10.1. The second-order valence-corrected chi connectivity index (χ2v) is 5.54. The van der Waals surface area contributed by atoms with Crippen molar-refractivity contribution in [1.29, 1.82) is 0 Å². The van der Waals surface area contributed by atoms with Gasteiger partial charge in [-0.3, -0.25) is 0 Å². The van der Waals surface area contributed by atoms with Gasteiger partial charge in [0.05, 0.1) is 0 Å². The maximum absolute atomic E-state index is 5.98. The lowest BCUT2D eigenvalue weighted by Gasteiger charge is -2.15. The van der Waals surface area contributed by atoms with Gasteiger partial charge >= 0.3 is 0 Å². The first-order valence-electron chi connectivity index (χ1n) is 5.41. The van der Waals surface area contributed by atoms with Crippen molar-refractivity contribution in [2.24, 2.45) is 17.1 Å². The molecule has 78 valence electrons. The molecule has 0 aromatic heterocycles. The third-order valence-corrected chi connectivity index (χ3v) is 2.91. The molecule has 13 heavy (non-hydrogen) atoms. The highest BCUT2D eigenvalue weighted by molar-refractivity contribution is 5.01. The smallest absolute Gasteiger partial charge is 0.0167 e. The van der Waals surface area contributed by atoms with Crippen molar-refractivity contribution >= 4 is 0 Å². The highest BCUT2D eigenvalue weighted by atomic mass is 15.0. The third kappa shape index (κ3) is 3.65. The summed E-state index contributed by atoms with van der Waals surface area (Å²) in [5.74, 6) is 0.712. The van der Waals surface area contributed by atoms with Crippen LogP contribution in [0.4, 0.5) is 0 Å². The minimum absolute atomic E-state index is 0.330. The molecule has 0 bridgehead atoms. The van der Waals surface area contributed by atoms with E-state index in [0.717, 1.165) is 13.0 Å². The monoisotopic (exact) mass is 184 g/mol. The van der Waals surface area contributed by atoms with Crippen molar-refractivity contribution in [1.82, 2.24) is 5.32 Å². The molecule has 0 saturated heterocycles. The number of rotatable bonds is 5. The van der Waals surface area contributed by atoms with Gasteiger partial charge in [0.1, 0.15) is 0 Å². The van der Waals surface area contributed by atoms with Crippen LogP contribution in [0.1, 0.15) is 40.5 Å². The van der Waals surface area contributed by atoms with Gasteiger partial charge in [-0.2, -0.15) is 0 Å². The first-order chi connectivity index (χ1) is 5.92. The Morgan fingerprint density at radius 2 is 2.00 bits per heavy atom. The molecule has 0 radical (unpaired) electrons. The van der Waals surface area contributed by atoms with Gasteiger partial charge in [-0.15, -0.1) is 0 Å². The number of hydrogen-bond donors (Lipinski definition) is 2. The summed E-state index contributed by atoms with van der Waals surface area (Å²) in [6, 6.07) is 1.04. The van der Waals surface area contributed by atoms with E-state index in [9.17, 15) is 0 Å². The van der Waals surface area contributed by atoms with Crippen molar-refractivity contribution in [2.75, 3.05) is 6.54 Å². The van der Waals surface area contributed by atoms with Gasteiger partial charge < -0.3 is 11.1 Å². The Morgan fingerprint density at radius 1 is 1.46 bits per heavy atom. The van der Waals surface area contributed by atoms with Gasteiger partial charge in [-0.25, -0.2) is 0 Å². The lowest BCUT2D eigenvalue weighted by atomic mass is 10.0. The minimum Gasteiger partial charge on any atom is -0.327 e. The van der Waals surface area contributed by atoms with Crippen molar-refractivity contribution in [3.05, 3.63) is 0 Å². The summed E-state index contributed by atoms with van der Waals surface area (Å²) < 4.78 is 0. The second kappa shape index (κ2) is 3.97. The highest BCUT2D eigenvalue weighted by Crippen LogP contribution is 2.44. The third-order valence-electron chi connectivity index (χ3n) is 2.91. The summed E-state index contributed by atoms with van der Waals surface area (Å²) in [5.41, 5.74) is 6.50. The molecular formula is C11H24N2. The van der Waals surface area contributed by atoms with Crippen LogP contribution >= 0.6 is 0 Å². The fourth-order valence-corrected chi connectivity index (χ4v) is 1.80. The average Bonchev–Trinajstić information content (AvgIpc) is 2.53. The van der Waals surface area contributed by atoms with Gasteiger partial charge in [-0.05, 0) is 24.2 Å². The van der Waals surface area contributed by atoms with Crippen LogP contribution < -0.4 is 11.1 Å². The molecule has 0 spiro atoms. The molecule has 2 nitrogen and oxygen atoms in total. The van der Waals surface area contributed by atoms with Crippen LogP contribution in [0, 0.1) is 11.3 Å². The molecule has 0 aliphatic heterocycles. The Bertz CT molecular complexity index is 163. The largest absolute Gasteiger partial charge is 0.327 e. The van der Waals surface area contributed by atoms with Crippen molar-refractivity contribution in [2.45, 2.75) is 52.6 Å². The molecule has 3 N–H and O–H groups in total. The van der Waals surface area contributed by atoms with Crippen molar-refractivity contribution in [3.8, 4) is 0 Å². The standard InChI is InChI=1S/C11H24N2/c1-8(2)5-9(12)7-13-10-6-11(10,3)4/h8-10,13H,5-7,12H2,1-4H3. The summed E-state index contributed by atoms with van der Waals surface area (Å²) >= 11 is 0. The van der Waals surface area contributed by atoms with Crippen LogP contribution in [-0.4, -0.2) is 18.6 Å². The fourth-order valence-electron chi connectivity index (χ4n) is 1.80. The van der Waals surface area contributed by atoms with Gasteiger partial charge in [0, 0.05) is 18.6 Å². The summed E-state index contributed by atoms with van der Waals surface area (Å²) in [7, 11) is 0. The number of hydrogen-bond acceptors (Lipinski definition) is 2. The molecule has 1 aliphatic carbocycles. The summed E-state index contributed by atoms with van der Waals surface area (Å²) in [6.07, 6.45) is 2.43. The van der Waals surface area contributed by atoms with Crippen LogP contribution in [0.2, 0.25) is 0 Å². The van der Waals surface area contributed by atoms with E-state index in [1.807, 2.05) is 0 Å². The Morgan fingerprint density at radius 3 is 2.38 bits per heavy atom. The maximum Gasteiger partial charge on any atom is 0.0167 e.